The molecule has 2 aromatic heterocycles. The van der Waals surface area contributed by atoms with Crippen LogP contribution in [-0.2, 0) is 27.2 Å². The van der Waals surface area contributed by atoms with E-state index in [1.165, 1.54) is 59.3 Å². The number of likely N-dealkylation sites (tertiary alicyclic amines) is 2. The van der Waals surface area contributed by atoms with Crippen molar-refractivity contribution in [1.82, 2.24) is 29.4 Å². The third-order valence-electron chi connectivity index (χ3n) is 7.31. The minimum atomic E-state index is 0.490. The van der Waals surface area contributed by atoms with Crippen molar-refractivity contribution in [2.24, 2.45) is 14.1 Å². The molecule has 32 heavy (non-hydrogen) atoms. The van der Waals surface area contributed by atoms with Crippen LogP contribution in [0.25, 0.3) is 0 Å². The van der Waals surface area contributed by atoms with Crippen molar-refractivity contribution in [2.75, 3.05) is 13.1 Å². The van der Waals surface area contributed by atoms with E-state index in [-0.39, 0.29) is 0 Å². The summed E-state index contributed by atoms with van der Waals surface area (Å²) in [5.74, 6) is 0. The molecule has 170 valence electrons. The second-order valence-corrected chi connectivity index (χ2v) is 9.76. The standard InChI is InChI=1S/C26H36N6/c1-19-23(17-29(3)27-19)25-10-6-12-31(25)15-21-8-5-9-22(14-21)16-32-13-7-11-26(32)24-18-30(4)28-20(24)2/h5,8-9,14,17-18,25-26H,6-7,10-13,15-16H2,1-4H3. The summed E-state index contributed by atoms with van der Waals surface area (Å²) in [6.07, 6.45) is 9.40. The van der Waals surface area contributed by atoms with Crippen LogP contribution in [0, 0.1) is 13.8 Å². The van der Waals surface area contributed by atoms with E-state index in [4.69, 9.17) is 0 Å². The molecule has 2 saturated heterocycles. The minimum absolute atomic E-state index is 0.490. The number of benzene rings is 1. The summed E-state index contributed by atoms with van der Waals surface area (Å²) in [6, 6.07) is 10.2. The van der Waals surface area contributed by atoms with Gasteiger partial charge in [-0.15, -0.1) is 0 Å². The van der Waals surface area contributed by atoms with Crippen LogP contribution < -0.4 is 0 Å². The van der Waals surface area contributed by atoms with Crippen LogP contribution in [0.15, 0.2) is 36.7 Å². The SMILES string of the molecule is Cc1nn(C)cc1C1CCCN1Cc1cccc(CN2CCCC2c2cn(C)nc2C)c1. The fourth-order valence-corrected chi connectivity index (χ4v) is 5.92. The van der Waals surface area contributed by atoms with E-state index < -0.39 is 0 Å². The summed E-state index contributed by atoms with van der Waals surface area (Å²) < 4.78 is 3.91. The molecule has 0 amide bonds. The zero-order valence-corrected chi connectivity index (χ0v) is 20.0. The van der Waals surface area contributed by atoms with Gasteiger partial charge in [-0.1, -0.05) is 24.3 Å². The second-order valence-electron chi connectivity index (χ2n) is 9.76. The highest BCUT2D eigenvalue weighted by atomic mass is 15.3. The Bertz CT molecular complexity index is 998. The highest BCUT2D eigenvalue weighted by Gasteiger charge is 2.30. The van der Waals surface area contributed by atoms with Gasteiger partial charge in [0.1, 0.15) is 0 Å². The lowest BCUT2D eigenvalue weighted by Gasteiger charge is -2.26. The predicted octanol–water partition coefficient (Wildman–Crippen LogP) is 4.44. The Kier molecular flexibility index (Phi) is 5.91. The fraction of sp³-hybridized carbons (Fsp3) is 0.538. The summed E-state index contributed by atoms with van der Waals surface area (Å²) in [6.45, 7) is 8.64. The van der Waals surface area contributed by atoms with Gasteiger partial charge in [0.05, 0.1) is 11.4 Å². The van der Waals surface area contributed by atoms with Crippen LogP contribution in [-0.4, -0.2) is 42.5 Å². The summed E-state index contributed by atoms with van der Waals surface area (Å²) in [7, 11) is 4.05. The lowest BCUT2D eigenvalue weighted by atomic mass is 10.0. The lowest BCUT2D eigenvalue weighted by Crippen LogP contribution is -2.24. The van der Waals surface area contributed by atoms with Crippen molar-refractivity contribution < 1.29 is 0 Å². The van der Waals surface area contributed by atoms with Gasteiger partial charge in [0.15, 0.2) is 0 Å². The summed E-state index contributed by atoms with van der Waals surface area (Å²) in [4.78, 5) is 5.28. The molecule has 0 spiro atoms. The smallest absolute Gasteiger partial charge is 0.0641 e. The topological polar surface area (TPSA) is 42.1 Å². The molecule has 2 fully saturated rings. The average molecular weight is 433 g/mol. The Balaban J connectivity index is 1.29. The zero-order chi connectivity index (χ0) is 22.2. The second kappa shape index (κ2) is 8.83. The van der Waals surface area contributed by atoms with E-state index in [0.29, 0.717) is 12.1 Å². The van der Waals surface area contributed by atoms with E-state index in [0.717, 1.165) is 26.2 Å². The van der Waals surface area contributed by atoms with Crippen molar-refractivity contribution in [2.45, 2.75) is 64.7 Å². The molecule has 0 aliphatic carbocycles. The lowest BCUT2D eigenvalue weighted by molar-refractivity contribution is 0.244. The summed E-state index contributed by atoms with van der Waals surface area (Å²) >= 11 is 0. The van der Waals surface area contributed by atoms with Gasteiger partial charge >= 0.3 is 0 Å². The maximum atomic E-state index is 4.59. The van der Waals surface area contributed by atoms with Crippen molar-refractivity contribution in [3.8, 4) is 0 Å². The van der Waals surface area contributed by atoms with E-state index in [1.54, 1.807) is 0 Å². The molecular formula is C26H36N6. The van der Waals surface area contributed by atoms with E-state index in [2.05, 4.69) is 70.5 Å². The monoisotopic (exact) mass is 432 g/mol. The Hall–Kier alpha value is -2.44. The number of aromatic nitrogens is 4. The maximum absolute atomic E-state index is 4.59. The fourth-order valence-electron chi connectivity index (χ4n) is 5.92. The van der Waals surface area contributed by atoms with Crippen molar-refractivity contribution >= 4 is 0 Å². The highest BCUT2D eigenvalue weighted by Crippen LogP contribution is 2.36. The van der Waals surface area contributed by atoms with Gasteiger partial charge in [0, 0.05) is 62.8 Å². The van der Waals surface area contributed by atoms with Crippen molar-refractivity contribution in [1.29, 1.82) is 0 Å². The molecule has 0 saturated carbocycles. The molecule has 0 N–H and O–H groups in total. The van der Waals surface area contributed by atoms with Gasteiger partial charge < -0.3 is 0 Å². The van der Waals surface area contributed by atoms with E-state index >= 15 is 0 Å². The van der Waals surface area contributed by atoms with Crippen LogP contribution in [0.5, 0.6) is 0 Å². The third-order valence-corrected chi connectivity index (χ3v) is 7.31. The predicted molar refractivity (Wildman–Crippen MR) is 127 cm³/mol. The first-order valence-corrected chi connectivity index (χ1v) is 12.0. The summed E-state index contributed by atoms with van der Waals surface area (Å²) in [5, 5.41) is 9.17. The quantitative estimate of drug-likeness (QED) is 0.577. The normalized spacial score (nSPS) is 22.2. The molecule has 0 radical (unpaired) electrons. The largest absolute Gasteiger partial charge is 0.292 e. The highest BCUT2D eigenvalue weighted by molar-refractivity contribution is 5.27. The maximum Gasteiger partial charge on any atom is 0.0641 e. The Labute approximate surface area is 191 Å². The van der Waals surface area contributed by atoms with Gasteiger partial charge in [-0.3, -0.25) is 19.2 Å². The number of hydrogen-bond acceptors (Lipinski definition) is 4. The van der Waals surface area contributed by atoms with Crippen LogP contribution in [0.2, 0.25) is 0 Å². The molecule has 6 nitrogen and oxygen atoms in total. The molecule has 4 heterocycles. The molecule has 1 aromatic carbocycles. The number of hydrogen-bond donors (Lipinski definition) is 0. The molecule has 3 aromatic rings. The van der Waals surface area contributed by atoms with Crippen LogP contribution in [0.3, 0.4) is 0 Å². The molecule has 2 aliphatic heterocycles. The zero-order valence-electron chi connectivity index (χ0n) is 20.0. The van der Waals surface area contributed by atoms with Crippen molar-refractivity contribution in [3.63, 3.8) is 0 Å². The molecular weight excluding hydrogens is 396 g/mol. The number of aryl methyl sites for hydroxylation is 4. The van der Waals surface area contributed by atoms with Gasteiger partial charge in [-0.2, -0.15) is 10.2 Å². The Morgan fingerprint density at radius 3 is 1.66 bits per heavy atom. The first-order chi connectivity index (χ1) is 15.5. The van der Waals surface area contributed by atoms with Crippen LogP contribution in [0.4, 0.5) is 0 Å². The molecule has 2 unspecified atom stereocenters. The average Bonchev–Trinajstić information content (AvgIpc) is 3.51. The van der Waals surface area contributed by atoms with Gasteiger partial charge in [-0.05, 0) is 63.7 Å². The van der Waals surface area contributed by atoms with Crippen molar-refractivity contribution in [3.05, 3.63) is 70.3 Å². The third kappa shape index (κ3) is 4.26. The number of rotatable bonds is 6. The van der Waals surface area contributed by atoms with E-state index in [9.17, 15) is 0 Å². The molecule has 0 bridgehead atoms. The molecule has 2 atom stereocenters. The first kappa shape index (κ1) is 21.4. The Morgan fingerprint density at radius 1 is 0.781 bits per heavy atom. The first-order valence-electron chi connectivity index (χ1n) is 12.0. The molecule has 6 heteroatoms. The molecule has 2 aliphatic rings. The van der Waals surface area contributed by atoms with E-state index in [1.807, 2.05) is 23.5 Å². The van der Waals surface area contributed by atoms with Gasteiger partial charge in [0.2, 0.25) is 0 Å². The van der Waals surface area contributed by atoms with Crippen LogP contribution >= 0.6 is 0 Å². The number of nitrogens with zero attached hydrogens (tertiary/aromatic N) is 6. The van der Waals surface area contributed by atoms with Crippen LogP contribution in [0.1, 0.15) is 71.4 Å². The minimum Gasteiger partial charge on any atom is -0.292 e. The van der Waals surface area contributed by atoms with Gasteiger partial charge in [-0.25, -0.2) is 0 Å². The van der Waals surface area contributed by atoms with Gasteiger partial charge in [0.25, 0.3) is 0 Å². The summed E-state index contributed by atoms with van der Waals surface area (Å²) in [5.41, 5.74) is 7.97. The molecule has 5 rings (SSSR count). The Morgan fingerprint density at radius 2 is 1.25 bits per heavy atom.